The van der Waals surface area contributed by atoms with Crippen molar-refractivity contribution in [2.45, 2.75) is 0 Å². The van der Waals surface area contributed by atoms with Gasteiger partial charge < -0.3 is 10.7 Å². The number of amidine groups is 1. The van der Waals surface area contributed by atoms with Gasteiger partial charge in [-0.1, -0.05) is 12.1 Å². The Kier molecular flexibility index (Phi) is 2.14. The number of benzene rings is 1. The largest absolute Gasteiger partial charge is 0.368 e. The molecule has 4 nitrogen and oxygen atoms in total. The Bertz CT molecular complexity index is 332. The molecule has 0 atom stereocenters. The third kappa shape index (κ3) is 1.48. The summed E-state index contributed by atoms with van der Waals surface area (Å²) in [6, 6.07) is 7.83. The van der Waals surface area contributed by atoms with Crippen LogP contribution in [0.2, 0.25) is 0 Å². The smallest absolute Gasteiger partial charge is 0.130 e. The molecule has 0 spiro atoms. The van der Waals surface area contributed by atoms with Crippen LogP contribution in [-0.2, 0) is 0 Å². The molecule has 0 radical (unpaired) electrons. The van der Waals surface area contributed by atoms with Crippen molar-refractivity contribution >= 4 is 11.5 Å². The molecule has 0 bridgehead atoms. The van der Waals surface area contributed by atoms with Gasteiger partial charge in [0, 0.05) is 12.1 Å². The first-order valence-corrected chi connectivity index (χ1v) is 4.26. The van der Waals surface area contributed by atoms with Crippen LogP contribution >= 0.6 is 0 Å². The van der Waals surface area contributed by atoms with Gasteiger partial charge in [-0.3, -0.25) is 10.8 Å². The first-order valence-electron chi connectivity index (χ1n) is 4.26. The van der Waals surface area contributed by atoms with E-state index < -0.39 is 0 Å². The quantitative estimate of drug-likeness (QED) is 0.449. The molecule has 4 heteroatoms. The van der Waals surface area contributed by atoms with E-state index in [1.807, 2.05) is 24.3 Å². The Hall–Kier alpha value is -1.55. The van der Waals surface area contributed by atoms with Crippen LogP contribution < -0.4 is 16.6 Å². The molecule has 0 saturated carbocycles. The zero-order chi connectivity index (χ0) is 9.10. The van der Waals surface area contributed by atoms with Crippen LogP contribution in [0.25, 0.3) is 0 Å². The lowest BCUT2D eigenvalue weighted by molar-refractivity contribution is 0.960. The molecule has 1 aliphatic heterocycles. The minimum atomic E-state index is 0.842. The molecule has 68 valence electrons. The summed E-state index contributed by atoms with van der Waals surface area (Å²) in [4.78, 5) is 4.32. The minimum absolute atomic E-state index is 0.842. The van der Waals surface area contributed by atoms with Crippen LogP contribution in [0.3, 0.4) is 0 Å². The average Bonchev–Trinajstić information content (AvgIpc) is 2.70. The molecule has 0 aromatic heterocycles. The van der Waals surface area contributed by atoms with E-state index in [-0.39, 0.29) is 0 Å². The molecule has 1 aromatic carbocycles. The van der Waals surface area contributed by atoms with Crippen LogP contribution in [-0.4, -0.2) is 18.9 Å². The molecule has 0 amide bonds. The van der Waals surface area contributed by atoms with Crippen LogP contribution in [0.4, 0.5) is 5.69 Å². The summed E-state index contributed by atoms with van der Waals surface area (Å²) in [5.41, 5.74) is 4.58. The first kappa shape index (κ1) is 8.07. The molecule has 0 unspecified atom stereocenters. The molecule has 1 aliphatic rings. The Labute approximate surface area is 76.8 Å². The highest BCUT2D eigenvalue weighted by molar-refractivity contribution is 6.04. The van der Waals surface area contributed by atoms with Gasteiger partial charge in [0.1, 0.15) is 5.84 Å². The minimum Gasteiger partial charge on any atom is -0.368 e. The molecular formula is C9H12N4. The predicted molar refractivity (Wildman–Crippen MR) is 53.7 cm³/mol. The van der Waals surface area contributed by atoms with E-state index in [1.54, 1.807) is 0 Å². The summed E-state index contributed by atoms with van der Waals surface area (Å²) in [5, 5.41) is 3.20. The Balaban J connectivity index is 2.38. The number of nitrogens with one attached hydrogen (secondary N) is 2. The van der Waals surface area contributed by atoms with Gasteiger partial charge in [-0.15, -0.1) is 0 Å². The number of hydrogen-bond donors (Lipinski definition) is 3. The second-order valence-corrected chi connectivity index (χ2v) is 2.85. The second kappa shape index (κ2) is 3.45. The maximum absolute atomic E-state index is 5.39. The number of nitrogens with two attached hydrogens (primary N) is 1. The highest BCUT2D eigenvalue weighted by Crippen LogP contribution is 2.14. The summed E-state index contributed by atoms with van der Waals surface area (Å²) in [5.74, 6) is 6.31. The summed E-state index contributed by atoms with van der Waals surface area (Å²) < 4.78 is 0. The van der Waals surface area contributed by atoms with Crippen molar-refractivity contribution in [1.82, 2.24) is 5.32 Å². The number of hydrazine groups is 1. The first-order chi connectivity index (χ1) is 6.42. The monoisotopic (exact) mass is 176 g/mol. The molecule has 4 N–H and O–H groups in total. The van der Waals surface area contributed by atoms with Crippen molar-refractivity contribution in [3.63, 3.8) is 0 Å². The molecule has 2 rings (SSSR count). The molecule has 1 aromatic rings. The van der Waals surface area contributed by atoms with E-state index in [9.17, 15) is 0 Å². The number of hydrogen-bond acceptors (Lipinski definition) is 4. The number of rotatable bonds is 2. The Morgan fingerprint density at radius 1 is 1.38 bits per heavy atom. The van der Waals surface area contributed by atoms with Gasteiger partial charge in [-0.2, -0.15) is 0 Å². The Morgan fingerprint density at radius 2 is 2.23 bits per heavy atom. The van der Waals surface area contributed by atoms with Crippen molar-refractivity contribution in [2.75, 3.05) is 18.5 Å². The van der Waals surface area contributed by atoms with Crippen LogP contribution in [0.5, 0.6) is 0 Å². The topological polar surface area (TPSA) is 62.4 Å². The van der Waals surface area contributed by atoms with Gasteiger partial charge in [-0.25, -0.2) is 0 Å². The third-order valence-corrected chi connectivity index (χ3v) is 2.01. The maximum atomic E-state index is 5.39. The SMILES string of the molecule is NNc1ccccc1C1=NCCN1. The maximum Gasteiger partial charge on any atom is 0.130 e. The molecule has 13 heavy (non-hydrogen) atoms. The van der Waals surface area contributed by atoms with E-state index in [2.05, 4.69) is 15.7 Å². The highest BCUT2D eigenvalue weighted by atomic mass is 15.2. The summed E-state index contributed by atoms with van der Waals surface area (Å²) in [6.45, 7) is 1.75. The van der Waals surface area contributed by atoms with Crippen LogP contribution in [0.1, 0.15) is 5.56 Å². The zero-order valence-electron chi connectivity index (χ0n) is 7.25. The van der Waals surface area contributed by atoms with Gasteiger partial charge in [-0.05, 0) is 12.1 Å². The highest BCUT2D eigenvalue weighted by Gasteiger charge is 2.10. The lowest BCUT2D eigenvalue weighted by atomic mass is 10.1. The van der Waals surface area contributed by atoms with E-state index in [0.717, 1.165) is 30.2 Å². The lowest BCUT2D eigenvalue weighted by Gasteiger charge is -2.08. The molecule has 0 fully saturated rings. The fraction of sp³-hybridized carbons (Fsp3) is 0.222. The number of para-hydroxylation sites is 1. The zero-order valence-corrected chi connectivity index (χ0v) is 7.25. The van der Waals surface area contributed by atoms with Gasteiger partial charge in [0.15, 0.2) is 0 Å². The summed E-state index contributed by atoms with van der Waals surface area (Å²) in [7, 11) is 0. The van der Waals surface area contributed by atoms with E-state index in [4.69, 9.17) is 5.84 Å². The number of anilines is 1. The van der Waals surface area contributed by atoms with Crippen molar-refractivity contribution in [3.05, 3.63) is 29.8 Å². The van der Waals surface area contributed by atoms with E-state index in [0.29, 0.717) is 0 Å². The van der Waals surface area contributed by atoms with Crippen molar-refractivity contribution in [3.8, 4) is 0 Å². The molecule has 1 heterocycles. The van der Waals surface area contributed by atoms with Gasteiger partial charge in [0.05, 0.1) is 12.2 Å². The predicted octanol–water partition coefficient (Wildman–Crippen LogP) is 0.322. The molecular weight excluding hydrogens is 164 g/mol. The summed E-state index contributed by atoms with van der Waals surface area (Å²) >= 11 is 0. The fourth-order valence-electron chi connectivity index (χ4n) is 1.39. The number of aliphatic imine (C=N–C) groups is 1. The van der Waals surface area contributed by atoms with E-state index >= 15 is 0 Å². The van der Waals surface area contributed by atoms with Crippen molar-refractivity contribution in [1.29, 1.82) is 0 Å². The van der Waals surface area contributed by atoms with Gasteiger partial charge >= 0.3 is 0 Å². The second-order valence-electron chi connectivity index (χ2n) is 2.85. The third-order valence-electron chi connectivity index (χ3n) is 2.01. The molecule has 0 aliphatic carbocycles. The standard InChI is InChI=1S/C9H12N4/c10-13-8-4-2-1-3-7(8)9-11-5-6-12-9/h1-4,13H,5-6,10H2,(H,11,12). The van der Waals surface area contributed by atoms with Crippen molar-refractivity contribution < 1.29 is 0 Å². The fourth-order valence-corrected chi connectivity index (χ4v) is 1.39. The van der Waals surface area contributed by atoms with Gasteiger partial charge in [0.2, 0.25) is 0 Å². The van der Waals surface area contributed by atoms with Gasteiger partial charge in [0.25, 0.3) is 0 Å². The number of nitrogens with zero attached hydrogens (tertiary/aromatic N) is 1. The Morgan fingerprint density at radius 3 is 2.92 bits per heavy atom. The average molecular weight is 176 g/mol. The molecule has 0 saturated heterocycles. The normalized spacial score (nSPS) is 15.0. The van der Waals surface area contributed by atoms with Crippen molar-refractivity contribution in [2.24, 2.45) is 10.8 Å². The number of nitrogen functional groups attached to an aromatic ring is 1. The van der Waals surface area contributed by atoms with E-state index in [1.165, 1.54) is 0 Å². The summed E-state index contributed by atoms with van der Waals surface area (Å²) in [6.07, 6.45) is 0. The van der Waals surface area contributed by atoms with Crippen LogP contribution in [0, 0.1) is 0 Å². The van der Waals surface area contributed by atoms with Crippen LogP contribution in [0.15, 0.2) is 29.3 Å². The lowest BCUT2D eigenvalue weighted by Crippen LogP contribution is -2.21.